The lowest BCUT2D eigenvalue weighted by molar-refractivity contribution is -0.160. The van der Waals surface area contributed by atoms with Crippen LogP contribution in [0.3, 0.4) is 0 Å². The summed E-state index contributed by atoms with van der Waals surface area (Å²) in [6, 6.07) is 0. The van der Waals surface area contributed by atoms with Crippen molar-refractivity contribution in [3.63, 3.8) is 0 Å². The number of amides is 1. The maximum absolute atomic E-state index is 14.4. The highest BCUT2D eigenvalue weighted by Crippen LogP contribution is 2.55. The molecular weight excluding hydrogens is 752 g/mol. The van der Waals surface area contributed by atoms with Crippen LogP contribution in [0, 0.1) is 30.6 Å². The molecule has 3 heterocycles. The van der Waals surface area contributed by atoms with Gasteiger partial charge in [0.1, 0.15) is 29.2 Å². The van der Waals surface area contributed by atoms with Crippen molar-refractivity contribution in [2.45, 2.75) is 92.5 Å². The van der Waals surface area contributed by atoms with Crippen molar-refractivity contribution in [1.82, 2.24) is 4.90 Å². The smallest absolute Gasteiger partial charge is 0.312 e. The fourth-order valence-corrected chi connectivity index (χ4v) is 7.13. The van der Waals surface area contributed by atoms with Gasteiger partial charge in [0.15, 0.2) is 5.75 Å². The Kier molecular flexibility index (Phi) is 14.0. The molecule has 0 radical (unpaired) electrons. The van der Waals surface area contributed by atoms with Crippen LogP contribution < -0.4 is 10.1 Å². The summed E-state index contributed by atoms with van der Waals surface area (Å²) in [5.41, 5.74) is -0.619. The molecule has 2 aromatic carbocycles. The van der Waals surface area contributed by atoms with Crippen molar-refractivity contribution < 1.29 is 58.9 Å². The van der Waals surface area contributed by atoms with Crippen LogP contribution in [-0.2, 0) is 23.8 Å². The van der Waals surface area contributed by atoms with Gasteiger partial charge < -0.3 is 54.7 Å². The van der Waals surface area contributed by atoms with Crippen LogP contribution in [-0.4, -0.2) is 112 Å². The highest BCUT2D eigenvalue weighted by Gasteiger charge is 2.50. The number of esters is 1. The molecule has 58 heavy (non-hydrogen) atoms. The monoisotopic (exact) mass is 808 g/mol. The van der Waals surface area contributed by atoms with E-state index in [4.69, 9.17) is 18.9 Å². The Morgan fingerprint density at radius 2 is 1.60 bits per heavy atom. The summed E-state index contributed by atoms with van der Waals surface area (Å²) in [6.07, 6.45) is 4.53. The molecule has 0 aliphatic carbocycles. The number of nitrogens with zero attached hydrogens (tertiary/aromatic N) is 3. The summed E-state index contributed by atoms with van der Waals surface area (Å²) in [5, 5.41) is 68.2. The number of hydrogen-bond acceptors (Lipinski definition) is 14. The van der Waals surface area contributed by atoms with Crippen LogP contribution in [0.1, 0.15) is 76.9 Å². The fraction of sp³-hybridized carbons (Fsp3) is 0.500. The van der Waals surface area contributed by atoms with E-state index in [1.165, 1.54) is 53.2 Å². The summed E-state index contributed by atoms with van der Waals surface area (Å²) in [4.78, 5) is 42.0. The van der Waals surface area contributed by atoms with Gasteiger partial charge >= 0.3 is 11.8 Å². The minimum Gasteiger partial charge on any atom is -0.507 e. The van der Waals surface area contributed by atoms with Crippen LogP contribution in [0.5, 0.6) is 23.0 Å². The van der Waals surface area contributed by atoms with Gasteiger partial charge in [-0.3, -0.25) is 14.4 Å². The number of carbonyl (C=O) groups is 3. The number of phenols is 3. The van der Waals surface area contributed by atoms with Crippen LogP contribution in [0.15, 0.2) is 46.3 Å². The van der Waals surface area contributed by atoms with Gasteiger partial charge in [0.25, 0.3) is 11.7 Å². The van der Waals surface area contributed by atoms with E-state index in [1.807, 2.05) is 0 Å². The van der Waals surface area contributed by atoms with Gasteiger partial charge in [-0.2, -0.15) is 5.10 Å². The second-order valence-electron chi connectivity index (χ2n) is 15.4. The molecule has 5 bridgehead atoms. The molecule has 0 spiro atoms. The number of rotatable bonds is 4. The first-order chi connectivity index (χ1) is 27.1. The predicted molar refractivity (Wildman–Crippen MR) is 218 cm³/mol. The molecule has 1 amide bonds. The van der Waals surface area contributed by atoms with E-state index in [0.717, 1.165) is 6.21 Å². The number of aliphatic hydroxyl groups excluding tert-OH is 2. The molecule has 0 aromatic heterocycles. The van der Waals surface area contributed by atoms with Gasteiger partial charge in [-0.1, -0.05) is 45.9 Å². The Morgan fingerprint density at radius 3 is 2.21 bits per heavy atom. The summed E-state index contributed by atoms with van der Waals surface area (Å²) in [5.74, 6) is -8.18. The van der Waals surface area contributed by atoms with Gasteiger partial charge in [-0.05, 0) is 26.8 Å². The second-order valence-corrected chi connectivity index (χ2v) is 15.4. The number of anilines is 1. The largest absolute Gasteiger partial charge is 0.507 e. The molecule has 0 unspecified atom stereocenters. The highest BCUT2D eigenvalue weighted by molar-refractivity contribution is 6.23. The van der Waals surface area contributed by atoms with Crippen molar-refractivity contribution in [2.75, 3.05) is 26.5 Å². The molecule has 2 aromatic rings. The number of aliphatic hydroxyl groups is 2. The van der Waals surface area contributed by atoms with E-state index in [2.05, 4.69) is 15.5 Å². The molecule has 6 N–H and O–H groups in total. The van der Waals surface area contributed by atoms with E-state index in [1.54, 1.807) is 65.8 Å². The number of ketones is 1. The maximum atomic E-state index is 14.4. The Labute approximate surface area is 338 Å². The normalized spacial score (nSPS) is 30.7. The van der Waals surface area contributed by atoms with Gasteiger partial charge in [0.05, 0.1) is 53.0 Å². The third-order valence-electron chi connectivity index (χ3n) is 11.1. The predicted octanol–water partition coefficient (Wildman–Crippen LogP) is 5.07. The van der Waals surface area contributed by atoms with Crippen LogP contribution >= 0.6 is 0 Å². The number of methoxy groups -OCH3 is 1. The van der Waals surface area contributed by atoms with Gasteiger partial charge in [0, 0.05) is 75.2 Å². The lowest BCUT2D eigenvalue weighted by Gasteiger charge is -2.38. The molecule has 0 saturated heterocycles. The summed E-state index contributed by atoms with van der Waals surface area (Å²) in [6.45, 7) is 14.1. The van der Waals surface area contributed by atoms with E-state index in [9.17, 15) is 39.9 Å². The van der Waals surface area contributed by atoms with Crippen molar-refractivity contribution >= 4 is 46.2 Å². The number of aromatic hydroxyl groups is 3. The Bertz CT molecular complexity index is 2090. The fourth-order valence-electron chi connectivity index (χ4n) is 7.13. The third kappa shape index (κ3) is 8.83. The minimum atomic E-state index is -2.06. The third-order valence-corrected chi connectivity index (χ3v) is 11.1. The van der Waals surface area contributed by atoms with Crippen molar-refractivity contribution in [3.8, 4) is 23.0 Å². The molecule has 9 atom stereocenters. The molecule has 16 heteroatoms. The number of fused-ring (bicyclic) bond motifs is 14. The number of hydrogen-bond donors (Lipinski definition) is 6. The van der Waals surface area contributed by atoms with Crippen molar-refractivity contribution in [3.05, 3.63) is 52.8 Å². The molecule has 5 rings (SSSR count). The molecule has 3 aliphatic heterocycles. The van der Waals surface area contributed by atoms with Crippen LogP contribution in [0.4, 0.5) is 5.69 Å². The maximum Gasteiger partial charge on any atom is 0.312 e. The Hall–Kier alpha value is -5.45. The molecule has 3 aliphatic rings. The molecule has 316 valence electrons. The zero-order chi connectivity index (χ0) is 43.5. The zero-order valence-corrected chi connectivity index (χ0v) is 35.0. The zero-order valence-electron chi connectivity index (χ0n) is 35.0. The number of benzene rings is 2. The highest BCUT2D eigenvalue weighted by atomic mass is 16.7. The van der Waals surface area contributed by atoms with Gasteiger partial charge in [-0.25, -0.2) is 0 Å². The SMILES string of the molecule is CO[C@H]1/C=C/O[C@@]2(C)Oc3c(C)c(O)c4c(O)c(c(/C=N/N=C(\C)N(C)C)c(O)c4c3C2=O)NC(=O)/C(C)=C\C=C\[C@@H](C)[C@H](O)[C@@H](C)[C@@H](O)[C@@H](C)[C@H](OC(C)=O)[C@@H]1C. The molecule has 16 nitrogen and oxygen atoms in total. The average molecular weight is 809 g/mol. The summed E-state index contributed by atoms with van der Waals surface area (Å²) < 4.78 is 23.5. The first-order valence-electron chi connectivity index (χ1n) is 18.9. The lowest BCUT2D eigenvalue weighted by Crippen LogP contribution is -2.46. The number of Topliss-reactive ketones (excluding diaryl/α,β-unsaturated/α-hetero) is 1. The van der Waals surface area contributed by atoms with E-state index >= 15 is 0 Å². The van der Waals surface area contributed by atoms with Gasteiger partial charge in [-0.15, -0.1) is 5.10 Å². The summed E-state index contributed by atoms with van der Waals surface area (Å²) >= 11 is 0. The average Bonchev–Trinajstić information content (AvgIpc) is 3.44. The molecular formula is C42H56N4O12. The number of ether oxygens (including phenoxy) is 4. The van der Waals surface area contributed by atoms with Crippen LogP contribution in [0.2, 0.25) is 0 Å². The molecule has 0 fully saturated rings. The first-order valence-corrected chi connectivity index (χ1v) is 18.9. The van der Waals surface area contributed by atoms with E-state index in [-0.39, 0.29) is 44.5 Å². The second kappa shape index (κ2) is 18.0. The number of amidine groups is 1. The minimum absolute atomic E-state index is 0.0317. The Morgan fingerprint density at radius 1 is 0.948 bits per heavy atom. The number of nitrogens with one attached hydrogen (secondary N) is 1. The quantitative estimate of drug-likeness (QED) is 0.0593. The van der Waals surface area contributed by atoms with E-state index < -0.39 is 88.8 Å². The number of phenolic OH excluding ortho intramolecular Hbond substituents is 3. The molecule has 0 saturated carbocycles. The van der Waals surface area contributed by atoms with Crippen LogP contribution in [0.25, 0.3) is 10.8 Å². The van der Waals surface area contributed by atoms with Crippen molar-refractivity contribution in [2.24, 2.45) is 33.9 Å². The van der Waals surface area contributed by atoms with Gasteiger partial charge in [0.2, 0.25) is 0 Å². The lowest BCUT2D eigenvalue weighted by atomic mass is 9.78. The van der Waals surface area contributed by atoms with Crippen molar-refractivity contribution in [1.29, 1.82) is 0 Å². The topological polar surface area (TPSA) is 229 Å². The Balaban J connectivity index is 2.00. The summed E-state index contributed by atoms with van der Waals surface area (Å²) in [7, 11) is 4.91. The number of allylic oxidation sites excluding steroid dienone is 2. The number of carbonyl (C=O) groups excluding carboxylic acids is 3. The first kappa shape index (κ1) is 45.3. The standard InChI is InChI=1S/C42H56N4O12/c1-19-14-13-15-20(2)41(54)44-32-27(18-43-45-25(7)46(10)11)36(51)29-30(37(32)52)35(50)24(6)39-31(29)40(53)42(9,58-39)56-17-16-28(55-12)21(3)38(57-26(8)47)23(5)34(49)22(4)33(19)48/h13-19,21-23,28,33-34,38,48-52H,1-12H3,(H,44,54)/b14-13+,17-16+,20-15-,43-18+,45-25+/t19-,21-,22-,23-,28+,33+,34-,38-,42+/m1/s1. The van der Waals surface area contributed by atoms with E-state index in [0.29, 0.717) is 5.84 Å².